The van der Waals surface area contributed by atoms with Gasteiger partial charge in [-0.05, 0) is 48.4 Å². The first kappa shape index (κ1) is 25.3. The van der Waals surface area contributed by atoms with Gasteiger partial charge in [-0.1, -0.05) is 12.0 Å². The summed E-state index contributed by atoms with van der Waals surface area (Å²) >= 11 is 0. The second-order valence-corrected chi connectivity index (χ2v) is 10.2. The Hall–Kier alpha value is -4.36. The van der Waals surface area contributed by atoms with Crippen molar-refractivity contribution in [3.8, 4) is 17.6 Å². The Morgan fingerprint density at radius 2 is 1.87 bits per heavy atom. The van der Waals surface area contributed by atoms with Crippen molar-refractivity contribution in [2.45, 2.75) is 24.9 Å². The first-order chi connectivity index (χ1) is 18.0. The lowest BCUT2D eigenvalue weighted by Gasteiger charge is -2.48. The normalized spacial score (nSPS) is 28.0. The van der Waals surface area contributed by atoms with Crippen molar-refractivity contribution < 1.29 is 34.2 Å². The number of aliphatic hydroxyl groups is 1. The minimum Gasteiger partial charge on any atom is -0.506 e. The Labute approximate surface area is 217 Å². The maximum absolute atomic E-state index is 13.8. The van der Waals surface area contributed by atoms with E-state index in [1.165, 1.54) is 0 Å². The Morgan fingerprint density at radius 1 is 1.13 bits per heavy atom. The lowest BCUT2D eigenvalue weighted by molar-refractivity contribution is -0.175. The number of hydrogen-bond acceptors (Lipinski definition) is 9. The zero-order valence-corrected chi connectivity index (χ0v) is 20.7. The smallest absolute Gasteiger partial charge is 0.235 e. The van der Waals surface area contributed by atoms with E-state index in [2.05, 4.69) is 16.8 Å². The van der Waals surface area contributed by atoms with Gasteiger partial charge in [0.25, 0.3) is 0 Å². The molecular weight excluding hydrogens is 490 g/mol. The lowest BCUT2D eigenvalue weighted by atomic mass is 9.53. The molecule has 3 aliphatic rings. The van der Waals surface area contributed by atoms with E-state index in [1.54, 1.807) is 49.5 Å². The SMILES string of the molecule is CN(C)c1cc(C#Cc2ccccn2)c(O)c2c1C[C@H]1C[C@H]3CC(=O)C(C(N)=O)C(=O)[C@@]3(O)C(=O)C1C2=O. The highest BCUT2D eigenvalue weighted by Gasteiger charge is 2.66. The number of aromatic nitrogens is 1. The van der Waals surface area contributed by atoms with Crippen molar-refractivity contribution in [2.75, 3.05) is 19.0 Å². The number of pyridine rings is 1. The Kier molecular flexibility index (Phi) is 5.92. The first-order valence-electron chi connectivity index (χ1n) is 12.1. The van der Waals surface area contributed by atoms with E-state index in [0.29, 0.717) is 16.9 Å². The fourth-order valence-corrected chi connectivity index (χ4v) is 6.08. The van der Waals surface area contributed by atoms with Gasteiger partial charge in [-0.3, -0.25) is 24.0 Å². The minimum atomic E-state index is -2.68. The van der Waals surface area contributed by atoms with Crippen LogP contribution in [0.3, 0.4) is 0 Å². The summed E-state index contributed by atoms with van der Waals surface area (Å²) in [5.74, 6) is -4.83. The first-order valence-corrected chi connectivity index (χ1v) is 12.1. The summed E-state index contributed by atoms with van der Waals surface area (Å²) in [4.78, 5) is 70.8. The van der Waals surface area contributed by atoms with Crippen LogP contribution in [0.1, 0.15) is 40.0 Å². The molecule has 2 aromatic rings. The molecule has 2 fully saturated rings. The van der Waals surface area contributed by atoms with Gasteiger partial charge in [0, 0.05) is 38.3 Å². The second-order valence-electron chi connectivity index (χ2n) is 10.2. The van der Waals surface area contributed by atoms with Gasteiger partial charge in [-0.2, -0.15) is 0 Å². The van der Waals surface area contributed by atoms with Crippen molar-refractivity contribution in [1.29, 1.82) is 0 Å². The molecule has 10 nitrogen and oxygen atoms in total. The van der Waals surface area contributed by atoms with Crippen LogP contribution in [0, 0.1) is 35.5 Å². The molecule has 0 saturated heterocycles. The summed E-state index contributed by atoms with van der Waals surface area (Å²) in [5.41, 5.74) is 4.19. The summed E-state index contributed by atoms with van der Waals surface area (Å²) in [7, 11) is 3.54. The second kappa shape index (κ2) is 8.89. The molecular formula is C28H25N3O7. The summed E-state index contributed by atoms with van der Waals surface area (Å²) in [6, 6.07) is 6.84. The molecule has 10 heteroatoms. The number of phenols is 1. The quantitative estimate of drug-likeness (QED) is 0.373. The number of amides is 1. The summed E-state index contributed by atoms with van der Waals surface area (Å²) in [5, 5.41) is 22.5. The molecule has 0 spiro atoms. The van der Waals surface area contributed by atoms with E-state index in [1.807, 2.05) is 0 Å². The number of nitrogens with two attached hydrogens (primary N) is 1. The molecule has 3 aliphatic carbocycles. The number of ketones is 4. The fraction of sp³-hybridized carbons (Fsp3) is 0.357. The third-order valence-electron chi connectivity index (χ3n) is 7.85. The van der Waals surface area contributed by atoms with Crippen molar-refractivity contribution >= 4 is 34.7 Å². The molecule has 1 heterocycles. The van der Waals surface area contributed by atoms with Gasteiger partial charge in [0.05, 0.1) is 17.0 Å². The zero-order valence-electron chi connectivity index (χ0n) is 20.7. The monoisotopic (exact) mass is 515 g/mol. The van der Waals surface area contributed by atoms with Crippen LogP contribution in [0.25, 0.3) is 0 Å². The molecule has 0 aliphatic heterocycles. The number of hydrogen-bond donors (Lipinski definition) is 3. The average molecular weight is 516 g/mol. The fourth-order valence-electron chi connectivity index (χ4n) is 6.08. The standard InChI is InChI=1S/C28H25N3O7/c1-31(2)18-11-13(6-7-16-5-3-4-8-30-16)23(33)21-17(18)10-14-9-15-12-19(32)22(27(29)37)26(36)28(15,38)25(35)20(14)24(21)34/h3-5,8,11,14-15,20,22,33,38H,9-10,12H2,1-2H3,(H2,29,37)/t14-,15+,20?,22?,28+/m1/s1. The average Bonchev–Trinajstić information content (AvgIpc) is 2.86. The molecule has 1 aromatic heterocycles. The molecule has 0 radical (unpaired) electrons. The molecule has 0 bridgehead atoms. The van der Waals surface area contributed by atoms with Crippen LogP contribution in [0.15, 0.2) is 30.5 Å². The van der Waals surface area contributed by atoms with Crippen LogP contribution >= 0.6 is 0 Å². The maximum atomic E-state index is 13.8. The van der Waals surface area contributed by atoms with Crippen molar-refractivity contribution in [1.82, 2.24) is 4.98 Å². The highest BCUT2D eigenvalue weighted by molar-refractivity contribution is 6.31. The van der Waals surface area contributed by atoms with Gasteiger partial charge in [-0.25, -0.2) is 4.98 Å². The number of aromatic hydroxyl groups is 1. The Morgan fingerprint density at radius 3 is 2.50 bits per heavy atom. The summed E-state index contributed by atoms with van der Waals surface area (Å²) < 4.78 is 0. The number of fused-ring (bicyclic) bond motifs is 3. The highest BCUT2D eigenvalue weighted by Crippen LogP contribution is 2.51. The van der Waals surface area contributed by atoms with Gasteiger partial charge in [0.15, 0.2) is 34.7 Å². The number of anilines is 1. The van der Waals surface area contributed by atoms with Crippen molar-refractivity contribution in [3.05, 3.63) is 52.8 Å². The number of rotatable bonds is 2. The molecule has 38 heavy (non-hydrogen) atoms. The molecule has 2 unspecified atom stereocenters. The zero-order chi connectivity index (χ0) is 27.5. The van der Waals surface area contributed by atoms with Gasteiger partial charge in [0.1, 0.15) is 11.4 Å². The molecule has 4 N–H and O–H groups in total. The molecule has 1 amide bonds. The van der Waals surface area contributed by atoms with Crippen LogP contribution in [-0.2, 0) is 25.6 Å². The van der Waals surface area contributed by atoms with Crippen LogP contribution in [0.2, 0.25) is 0 Å². The number of carbonyl (C=O) groups excluding carboxylic acids is 5. The predicted molar refractivity (Wildman–Crippen MR) is 133 cm³/mol. The number of phenolic OH excluding ortho intramolecular Hbond substituents is 1. The number of nitrogens with zero attached hydrogens (tertiary/aromatic N) is 2. The predicted octanol–water partition coefficient (Wildman–Crippen LogP) is 0.188. The molecule has 1 aromatic carbocycles. The van der Waals surface area contributed by atoms with Crippen LogP contribution in [0.5, 0.6) is 5.75 Å². The third kappa shape index (κ3) is 3.62. The Bertz CT molecular complexity index is 1490. The van der Waals surface area contributed by atoms with E-state index >= 15 is 0 Å². The van der Waals surface area contributed by atoms with Gasteiger partial charge in [-0.15, -0.1) is 0 Å². The molecule has 2 saturated carbocycles. The van der Waals surface area contributed by atoms with Crippen LogP contribution in [-0.4, -0.2) is 63.9 Å². The Balaban J connectivity index is 1.62. The maximum Gasteiger partial charge on any atom is 0.235 e. The van der Waals surface area contributed by atoms with E-state index < -0.39 is 64.1 Å². The van der Waals surface area contributed by atoms with E-state index in [4.69, 9.17) is 5.73 Å². The number of carbonyl (C=O) groups is 5. The van der Waals surface area contributed by atoms with E-state index in [9.17, 15) is 34.2 Å². The van der Waals surface area contributed by atoms with Gasteiger partial charge < -0.3 is 20.8 Å². The molecule has 5 atom stereocenters. The van der Waals surface area contributed by atoms with E-state index in [0.717, 1.165) is 0 Å². The van der Waals surface area contributed by atoms with Crippen molar-refractivity contribution in [2.24, 2.45) is 29.4 Å². The van der Waals surface area contributed by atoms with Gasteiger partial charge in [0.2, 0.25) is 5.91 Å². The number of benzene rings is 1. The highest BCUT2D eigenvalue weighted by atomic mass is 16.3. The topological polar surface area (TPSA) is 168 Å². The van der Waals surface area contributed by atoms with E-state index in [-0.39, 0.29) is 30.4 Å². The van der Waals surface area contributed by atoms with Crippen LogP contribution in [0.4, 0.5) is 5.69 Å². The number of primary amides is 1. The number of Topliss-reactive ketones (excluding diaryl/α,β-unsaturated/α-hetero) is 4. The third-order valence-corrected chi connectivity index (χ3v) is 7.85. The summed E-state index contributed by atoms with van der Waals surface area (Å²) in [6.07, 6.45) is 1.43. The minimum absolute atomic E-state index is 0.0376. The van der Waals surface area contributed by atoms with Crippen LogP contribution < -0.4 is 10.6 Å². The molecule has 5 rings (SSSR count). The van der Waals surface area contributed by atoms with Crippen molar-refractivity contribution in [3.63, 3.8) is 0 Å². The van der Waals surface area contributed by atoms with Gasteiger partial charge >= 0.3 is 0 Å². The molecule has 194 valence electrons. The summed E-state index contributed by atoms with van der Waals surface area (Å²) in [6.45, 7) is 0. The largest absolute Gasteiger partial charge is 0.506 e. The lowest BCUT2D eigenvalue weighted by Crippen LogP contribution is -2.68.